The lowest BCUT2D eigenvalue weighted by molar-refractivity contribution is -0.142. The minimum absolute atomic E-state index is 0.0730. The number of hydrogen-bond donors (Lipinski definition) is 1. The first-order valence-corrected chi connectivity index (χ1v) is 8.91. The zero-order valence-corrected chi connectivity index (χ0v) is 14.5. The third kappa shape index (κ3) is 2.77. The Bertz CT molecular complexity index is 873. The van der Waals surface area contributed by atoms with Crippen LogP contribution in [0.4, 0.5) is 0 Å². The predicted octanol–water partition coefficient (Wildman–Crippen LogP) is 3.36. The van der Waals surface area contributed by atoms with Crippen LogP contribution < -0.4 is 0 Å². The normalized spacial score (nSPS) is 23.2. The molecule has 1 aromatic heterocycles. The van der Waals surface area contributed by atoms with Crippen molar-refractivity contribution < 1.29 is 14.7 Å². The lowest BCUT2D eigenvalue weighted by atomic mass is 10.0. The van der Waals surface area contributed by atoms with Gasteiger partial charge in [-0.2, -0.15) is 0 Å². The molecule has 0 spiro atoms. The Balaban J connectivity index is 1.78. The number of rotatable bonds is 3. The van der Waals surface area contributed by atoms with E-state index in [9.17, 15) is 14.7 Å². The maximum Gasteiger partial charge on any atom is 0.308 e. The van der Waals surface area contributed by atoms with Crippen molar-refractivity contribution in [3.63, 3.8) is 0 Å². The molecule has 1 aromatic carbocycles. The fraction of sp³-hybridized carbons (Fsp3) is 0.450. The number of likely N-dealkylation sites (tertiary alicyclic amines) is 1. The molecule has 5 nitrogen and oxygen atoms in total. The van der Waals surface area contributed by atoms with E-state index < -0.39 is 11.9 Å². The van der Waals surface area contributed by atoms with Gasteiger partial charge in [-0.1, -0.05) is 11.6 Å². The molecule has 2 fully saturated rings. The van der Waals surface area contributed by atoms with Crippen molar-refractivity contribution in [1.82, 2.24) is 9.88 Å². The number of carboxylic acids is 1. The quantitative estimate of drug-likeness (QED) is 0.931. The summed E-state index contributed by atoms with van der Waals surface area (Å²) in [5.74, 6) is -0.922. The summed E-state index contributed by atoms with van der Waals surface area (Å²) >= 11 is 0. The minimum Gasteiger partial charge on any atom is -0.481 e. The first-order valence-electron chi connectivity index (χ1n) is 8.91. The number of benzene rings is 1. The molecule has 1 aliphatic carbocycles. The van der Waals surface area contributed by atoms with Crippen LogP contribution in [0.3, 0.4) is 0 Å². The molecule has 1 saturated carbocycles. The van der Waals surface area contributed by atoms with Gasteiger partial charge < -0.3 is 10.0 Å². The van der Waals surface area contributed by atoms with Crippen LogP contribution in [0.25, 0.3) is 10.9 Å². The van der Waals surface area contributed by atoms with Crippen LogP contribution in [0, 0.1) is 12.8 Å². The summed E-state index contributed by atoms with van der Waals surface area (Å²) in [6, 6.07) is 7.63. The summed E-state index contributed by atoms with van der Waals surface area (Å²) in [5, 5.41) is 10.2. The Morgan fingerprint density at radius 1 is 1.20 bits per heavy atom. The maximum absolute atomic E-state index is 13.3. The Labute approximate surface area is 146 Å². The average Bonchev–Trinajstić information content (AvgIpc) is 3.35. The lowest BCUT2D eigenvalue weighted by Gasteiger charge is -2.24. The highest BCUT2D eigenvalue weighted by molar-refractivity contribution is 6.06. The van der Waals surface area contributed by atoms with Crippen LogP contribution in [-0.2, 0) is 4.79 Å². The Hall–Kier alpha value is -2.43. The molecule has 25 heavy (non-hydrogen) atoms. The predicted molar refractivity (Wildman–Crippen MR) is 94.7 cm³/mol. The smallest absolute Gasteiger partial charge is 0.308 e. The maximum atomic E-state index is 13.3. The van der Waals surface area contributed by atoms with Gasteiger partial charge in [-0.25, -0.2) is 0 Å². The summed E-state index contributed by atoms with van der Waals surface area (Å²) in [7, 11) is 0. The van der Waals surface area contributed by atoms with Gasteiger partial charge in [0.05, 0.1) is 17.0 Å². The Morgan fingerprint density at radius 3 is 2.60 bits per heavy atom. The highest BCUT2D eigenvalue weighted by Crippen LogP contribution is 2.40. The minimum atomic E-state index is -0.822. The number of hydrogen-bond acceptors (Lipinski definition) is 3. The van der Waals surface area contributed by atoms with Crippen LogP contribution >= 0.6 is 0 Å². The molecule has 0 radical (unpaired) electrons. The Kier molecular flexibility index (Phi) is 3.74. The number of aryl methyl sites for hydroxylation is 1. The second-order valence-electron chi connectivity index (χ2n) is 7.36. The number of carbonyl (C=O) groups is 2. The van der Waals surface area contributed by atoms with Crippen LogP contribution in [0.15, 0.2) is 24.3 Å². The molecular weight excluding hydrogens is 316 g/mol. The molecule has 130 valence electrons. The molecule has 4 rings (SSSR count). The Morgan fingerprint density at radius 2 is 1.96 bits per heavy atom. The first-order chi connectivity index (χ1) is 12.0. The van der Waals surface area contributed by atoms with Crippen molar-refractivity contribution in [3.8, 4) is 0 Å². The van der Waals surface area contributed by atoms with Crippen molar-refractivity contribution in [2.24, 2.45) is 5.92 Å². The zero-order chi connectivity index (χ0) is 17.7. The van der Waals surface area contributed by atoms with E-state index in [2.05, 4.69) is 0 Å². The number of fused-ring (bicyclic) bond motifs is 1. The molecule has 2 atom stereocenters. The molecule has 2 aliphatic rings. The summed E-state index contributed by atoms with van der Waals surface area (Å²) in [4.78, 5) is 31.1. The second-order valence-corrected chi connectivity index (χ2v) is 7.36. The van der Waals surface area contributed by atoms with E-state index in [1.807, 2.05) is 38.1 Å². The fourth-order valence-corrected chi connectivity index (χ4v) is 3.84. The molecular formula is C20H22N2O3. The number of pyridine rings is 1. The van der Waals surface area contributed by atoms with E-state index in [1.54, 1.807) is 4.90 Å². The number of aromatic nitrogens is 1. The van der Waals surface area contributed by atoms with E-state index in [0.717, 1.165) is 35.0 Å². The third-order valence-corrected chi connectivity index (χ3v) is 5.54. The van der Waals surface area contributed by atoms with Gasteiger partial charge in [-0.05, 0) is 51.3 Å². The van der Waals surface area contributed by atoms with E-state index in [4.69, 9.17) is 4.98 Å². The summed E-state index contributed by atoms with van der Waals surface area (Å²) in [6.45, 7) is 4.33. The molecule has 1 N–H and O–H groups in total. The van der Waals surface area contributed by atoms with Crippen LogP contribution in [0.5, 0.6) is 0 Å². The highest BCUT2D eigenvalue weighted by Gasteiger charge is 2.39. The zero-order valence-electron chi connectivity index (χ0n) is 14.5. The monoisotopic (exact) mass is 338 g/mol. The molecule has 5 heteroatoms. The number of aliphatic carboxylic acids is 1. The van der Waals surface area contributed by atoms with Crippen LogP contribution in [0.2, 0.25) is 0 Å². The highest BCUT2D eigenvalue weighted by atomic mass is 16.4. The van der Waals surface area contributed by atoms with Crippen LogP contribution in [0.1, 0.15) is 53.7 Å². The van der Waals surface area contributed by atoms with Gasteiger partial charge in [0, 0.05) is 29.6 Å². The van der Waals surface area contributed by atoms with Gasteiger partial charge in [0.1, 0.15) is 0 Å². The van der Waals surface area contributed by atoms with Crippen molar-refractivity contribution >= 4 is 22.8 Å². The summed E-state index contributed by atoms with van der Waals surface area (Å²) in [6.07, 6.45) is 2.76. The lowest BCUT2D eigenvalue weighted by Crippen LogP contribution is -2.37. The van der Waals surface area contributed by atoms with Crippen LogP contribution in [-0.4, -0.2) is 39.5 Å². The van der Waals surface area contributed by atoms with Gasteiger partial charge in [0.2, 0.25) is 0 Å². The molecule has 1 saturated heterocycles. The fourth-order valence-electron chi connectivity index (χ4n) is 3.84. The first kappa shape index (κ1) is 16.1. The van der Waals surface area contributed by atoms with Crippen molar-refractivity contribution in [3.05, 3.63) is 41.1 Å². The van der Waals surface area contributed by atoms with Crippen molar-refractivity contribution in [2.75, 3.05) is 6.54 Å². The summed E-state index contributed by atoms with van der Waals surface area (Å²) in [5.41, 5.74) is 3.58. The van der Waals surface area contributed by atoms with Gasteiger partial charge in [0.15, 0.2) is 0 Å². The van der Waals surface area contributed by atoms with Crippen molar-refractivity contribution in [2.45, 2.75) is 45.1 Å². The molecule has 2 aromatic rings. The largest absolute Gasteiger partial charge is 0.481 e. The molecule has 1 amide bonds. The van der Waals surface area contributed by atoms with E-state index in [1.165, 1.54) is 0 Å². The van der Waals surface area contributed by atoms with E-state index >= 15 is 0 Å². The topological polar surface area (TPSA) is 70.5 Å². The number of amides is 1. The van der Waals surface area contributed by atoms with E-state index in [0.29, 0.717) is 24.4 Å². The SMILES string of the molecule is Cc1ccc2nc(C3CC3)cc(C(=O)N3CCC(C(=O)O)C3C)c2c1. The van der Waals surface area contributed by atoms with E-state index in [-0.39, 0.29) is 11.9 Å². The number of nitrogens with zero attached hydrogens (tertiary/aromatic N) is 2. The summed E-state index contributed by atoms with van der Waals surface area (Å²) < 4.78 is 0. The van der Waals surface area contributed by atoms with Crippen molar-refractivity contribution in [1.29, 1.82) is 0 Å². The number of carbonyl (C=O) groups excluding carboxylic acids is 1. The van der Waals surface area contributed by atoms with Gasteiger partial charge >= 0.3 is 5.97 Å². The molecule has 2 heterocycles. The molecule has 1 aliphatic heterocycles. The van der Waals surface area contributed by atoms with Gasteiger partial charge in [0.25, 0.3) is 5.91 Å². The van der Waals surface area contributed by atoms with Gasteiger partial charge in [-0.3, -0.25) is 14.6 Å². The average molecular weight is 338 g/mol. The molecule has 2 unspecified atom stereocenters. The molecule has 0 bridgehead atoms. The standard InChI is InChI=1S/C20H22N2O3/c1-11-3-6-17-15(9-11)16(10-18(21-17)13-4-5-13)19(23)22-8-7-14(12(22)2)20(24)25/h3,6,9-10,12-14H,4-5,7-8H2,1-2H3,(H,24,25). The number of carboxylic acid groups (broad SMARTS) is 1. The second kappa shape index (κ2) is 5.83. The van der Waals surface area contributed by atoms with Gasteiger partial charge in [-0.15, -0.1) is 0 Å². The third-order valence-electron chi connectivity index (χ3n) is 5.54.